The van der Waals surface area contributed by atoms with Crippen molar-refractivity contribution in [3.05, 3.63) is 59.2 Å². The smallest absolute Gasteiger partial charge is 0.124 e. The van der Waals surface area contributed by atoms with E-state index in [4.69, 9.17) is 4.74 Å². The molecule has 0 radical (unpaired) electrons. The first-order chi connectivity index (χ1) is 10.2. The van der Waals surface area contributed by atoms with E-state index in [1.165, 1.54) is 11.1 Å². The molecule has 0 aliphatic rings. The third-order valence-corrected chi connectivity index (χ3v) is 3.72. The number of nitrogens with one attached hydrogen (secondary N) is 1. The Hall–Kier alpha value is -2.00. The van der Waals surface area contributed by atoms with Crippen LogP contribution in [0.2, 0.25) is 0 Å². The molecule has 0 bridgehead atoms. The standard InChI is InChI=1S/C18H23NO2/c1-4-14-5-7-15(8-6-14)13(2)19-17-9-10-18(21-3)16(11-17)12-20/h5-11,13,19-20H,4,12H2,1-3H3. The Morgan fingerprint density at radius 1 is 1.14 bits per heavy atom. The van der Waals surface area contributed by atoms with E-state index in [1.807, 2.05) is 18.2 Å². The van der Waals surface area contributed by atoms with Crippen LogP contribution in [0.15, 0.2) is 42.5 Å². The number of ether oxygens (including phenoxy) is 1. The Bertz CT molecular complexity index is 578. The van der Waals surface area contributed by atoms with Gasteiger partial charge in [-0.1, -0.05) is 31.2 Å². The van der Waals surface area contributed by atoms with Gasteiger partial charge in [0, 0.05) is 17.3 Å². The normalized spacial score (nSPS) is 12.0. The van der Waals surface area contributed by atoms with Crippen molar-refractivity contribution in [2.45, 2.75) is 32.9 Å². The van der Waals surface area contributed by atoms with Crippen LogP contribution in [0, 0.1) is 0 Å². The molecule has 0 fully saturated rings. The lowest BCUT2D eigenvalue weighted by Gasteiger charge is -2.17. The monoisotopic (exact) mass is 285 g/mol. The molecular formula is C18H23NO2. The number of rotatable bonds is 6. The molecule has 0 amide bonds. The van der Waals surface area contributed by atoms with Crippen LogP contribution in [-0.4, -0.2) is 12.2 Å². The van der Waals surface area contributed by atoms with Gasteiger partial charge in [-0.2, -0.15) is 0 Å². The lowest BCUT2D eigenvalue weighted by molar-refractivity contribution is 0.274. The minimum Gasteiger partial charge on any atom is -0.496 e. The van der Waals surface area contributed by atoms with Crippen molar-refractivity contribution in [1.29, 1.82) is 0 Å². The number of hydrogen-bond donors (Lipinski definition) is 2. The topological polar surface area (TPSA) is 41.5 Å². The Labute approximate surface area is 126 Å². The maximum atomic E-state index is 9.38. The van der Waals surface area contributed by atoms with Gasteiger partial charge in [0.05, 0.1) is 13.7 Å². The minimum absolute atomic E-state index is 0.0295. The fourth-order valence-electron chi connectivity index (χ4n) is 2.37. The lowest BCUT2D eigenvalue weighted by Crippen LogP contribution is -2.07. The first-order valence-corrected chi connectivity index (χ1v) is 7.31. The third kappa shape index (κ3) is 3.76. The summed E-state index contributed by atoms with van der Waals surface area (Å²) in [6, 6.07) is 14.6. The molecule has 2 aromatic carbocycles. The third-order valence-electron chi connectivity index (χ3n) is 3.72. The van der Waals surface area contributed by atoms with Gasteiger partial charge >= 0.3 is 0 Å². The van der Waals surface area contributed by atoms with E-state index in [2.05, 4.69) is 43.4 Å². The van der Waals surface area contributed by atoms with E-state index in [0.29, 0.717) is 5.75 Å². The average Bonchev–Trinajstić information content (AvgIpc) is 2.54. The number of aryl methyl sites for hydroxylation is 1. The minimum atomic E-state index is -0.0295. The molecule has 1 atom stereocenters. The van der Waals surface area contributed by atoms with Crippen LogP contribution < -0.4 is 10.1 Å². The number of hydrogen-bond acceptors (Lipinski definition) is 3. The van der Waals surface area contributed by atoms with Gasteiger partial charge in [-0.25, -0.2) is 0 Å². The summed E-state index contributed by atoms with van der Waals surface area (Å²) in [6.07, 6.45) is 1.06. The molecule has 21 heavy (non-hydrogen) atoms. The van der Waals surface area contributed by atoms with E-state index in [-0.39, 0.29) is 12.6 Å². The van der Waals surface area contributed by atoms with Crippen molar-refractivity contribution < 1.29 is 9.84 Å². The zero-order valence-corrected chi connectivity index (χ0v) is 12.9. The number of aliphatic hydroxyl groups is 1. The summed E-state index contributed by atoms with van der Waals surface area (Å²) in [5, 5.41) is 12.8. The molecule has 0 heterocycles. The zero-order chi connectivity index (χ0) is 15.2. The highest BCUT2D eigenvalue weighted by atomic mass is 16.5. The first-order valence-electron chi connectivity index (χ1n) is 7.31. The molecule has 0 aliphatic carbocycles. The molecule has 2 aromatic rings. The summed E-state index contributed by atoms with van der Waals surface area (Å²) in [6.45, 7) is 4.26. The summed E-state index contributed by atoms with van der Waals surface area (Å²) < 4.78 is 5.22. The summed E-state index contributed by atoms with van der Waals surface area (Å²) in [4.78, 5) is 0. The molecule has 1 unspecified atom stereocenters. The van der Waals surface area contributed by atoms with Crippen LogP contribution in [0.3, 0.4) is 0 Å². The summed E-state index contributed by atoms with van der Waals surface area (Å²) >= 11 is 0. The second-order valence-electron chi connectivity index (χ2n) is 5.15. The van der Waals surface area contributed by atoms with Gasteiger partial charge in [-0.05, 0) is 42.7 Å². The maximum absolute atomic E-state index is 9.38. The van der Waals surface area contributed by atoms with Crippen LogP contribution in [-0.2, 0) is 13.0 Å². The van der Waals surface area contributed by atoms with Crippen molar-refractivity contribution in [3.63, 3.8) is 0 Å². The van der Waals surface area contributed by atoms with Crippen molar-refractivity contribution in [1.82, 2.24) is 0 Å². The SMILES string of the molecule is CCc1ccc(C(C)Nc2ccc(OC)c(CO)c2)cc1. The van der Waals surface area contributed by atoms with Crippen molar-refractivity contribution >= 4 is 5.69 Å². The largest absolute Gasteiger partial charge is 0.496 e. The summed E-state index contributed by atoms with van der Waals surface area (Å²) in [5.74, 6) is 0.711. The molecule has 3 heteroatoms. The predicted octanol–water partition coefficient (Wildman–Crippen LogP) is 3.92. The second kappa shape index (κ2) is 7.14. The van der Waals surface area contributed by atoms with E-state index >= 15 is 0 Å². The quantitative estimate of drug-likeness (QED) is 0.845. The number of aliphatic hydroxyl groups excluding tert-OH is 1. The Morgan fingerprint density at radius 3 is 2.43 bits per heavy atom. The van der Waals surface area contributed by atoms with Crippen LogP contribution in [0.4, 0.5) is 5.69 Å². The van der Waals surface area contributed by atoms with E-state index < -0.39 is 0 Å². The molecular weight excluding hydrogens is 262 g/mol. The van der Waals surface area contributed by atoms with Crippen molar-refractivity contribution in [2.24, 2.45) is 0 Å². The average molecular weight is 285 g/mol. The molecule has 2 rings (SSSR count). The molecule has 112 valence electrons. The number of anilines is 1. The first kappa shape index (κ1) is 15.4. The molecule has 0 saturated heterocycles. The fourth-order valence-corrected chi connectivity index (χ4v) is 2.37. The van der Waals surface area contributed by atoms with Crippen LogP contribution in [0.1, 0.15) is 36.6 Å². The molecule has 2 N–H and O–H groups in total. The fraction of sp³-hybridized carbons (Fsp3) is 0.333. The van der Waals surface area contributed by atoms with Gasteiger partial charge in [0.25, 0.3) is 0 Å². The summed E-state index contributed by atoms with van der Waals surface area (Å²) in [5.41, 5.74) is 4.36. The number of methoxy groups -OCH3 is 1. The predicted molar refractivity (Wildman–Crippen MR) is 86.8 cm³/mol. The van der Waals surface area contributed by atoms with E-state index in [9.17, 15) is 5.11 Å². The van der Waals surface area contributed by atoms with Gasteiger partial charge in [0.15, 0.2) is 0 Å². The van der Waals surface area contributed by atoms with Crippen LogP contribution in [0.5, 0.6) is 5.75 Å². The van der Waals surface area contributed by atoms with Gasteiger partial charge in [0.1, 0.15) is 5.75 Å². The van der Waals surface area contributed by atoms with Gasteiger partial charge < -0.3 is 15.2 Å². The molecule has 0 saturated carbocycles. The highest BCUT2D eigenvalue weighted by Crippen LogP contribution is 2.25. The highest BCUT2D eigenvalue weighted by molar-refractivity contribution is 5.52. The van der Waals surface area contributed by atoms with Crippen molar-refractivity contribution in [3.8, 4) is 5.75 Å². The highest BCUT2D eigenvalue weighted by Gasteiger charge is 2.08. The van der Waals surface area contributed by atoms with Gasteiger partial charge in [-0.3, -0.25) is 0 Å². The molecule has 0 spiro atoms. The van der Waals surface area contributed by atoms with Crippen LogP contribution >= 0.6 is 0 Å². The summed E-state index contributed by atoms with van der Waals surface area (Å²) in [7, 11) is 1.61. The van der Waals surface area contributed by atoms with Crippen LogP contribution in [0.25, 0.3) is 0 Å². The molecule has 0 aliphatic heterocycles. The lowest BCUT2D eigenvalue weighted by atomic mass is 10.0. The Morgan fingerprint density at radius 2 is 1.86 bits per heavy atom. The van der Waals surface area contributed by atoms with Gasteiger partial charge in [0.2, 0.25) is 0 Å². The number of benzene rings is 2. The van der Waals surface area contributed by atoms with Crippen molar-refractivity contribution in [2.75, 3.05) is 12.4 Å². The van der Waals surface area contributed by atoms with E-state index in [1.54, 1.807) is 7.11 Å². The zero-order valence-electron chi connectivity index (χ0n) is 12.9. The Balaban J connectivity index is 2.12. The second-order valence-corrected chi connectivity index (χ2v) is 5.15. The molecule has 0 aromatic heterocycles. The van der Waals surface area contributed by atoms with Gasteiger partial charge in [-0.15, -0.1) is 0 Å². The maximum Gasteiger partial charge on any atom is 0.124 e. The Kier molecular flexibility index (Phi) is 5.23. The van der Waals surface area contributed by atoms with E-state index in [0.717, 1.165) is 17.7 Å². The molecule has 3 nitrogen and oxygen atoms in total.